The lowest BCUT2D eigenvalue weighted by atomic mass is 10.1. The van der Waals surface area contributed by atoms with Crippen LogP contribution in [-0.4, -0.2) is 10.7 Å². The first-order valence-corrected chi connectivity index (χ1v) is 3.65. The van der Waals surface area contributed by atoms with Crippen LogP contribution in [0.3, 0.4) is 0 Å². The summed E-state index contributed by atoms with van der Waals surface area (Å²) < 4.78 is 24.6. The Morgan fingerprint density at radius 2 is 2.12 bits per heavy atom. The van der Waals surface area contributed by atoms with Crippen LogP contribution in [0.4, 0.5) is 8.78 Å². The van der Waals surface area contributed by atoms with Crippen molar-refractivity contribution in [2.24, 2.45) is 0 Å². The number of alkyl halides is 3. The zero-order valence-electron chi connectivity index (χ0n) is 3.67. The molecule has 1 aliphatic carbocycles. The van der Waals surface area contributed by atoms with Crippen LogP contribution in [0.1, 0.15) is 0 Å². The molecule has 0 heterocycles. The number of rotatable bonds is 0. The molecule has 0 nitrogen and oxygen atoms in total. The van der Waals surface area contributed by atoms with Gasteiger partial charge < -0.3 is 0 Å². The molecule has 1 atom stereocenters. The molecule has 0 saturated carbocycles. The van der Waals surface area contributed by atoms with Crippen molar-refractivity contribution in [3.05, 3.63) is 10.6 Å². The minimum atomic E-state index is -2.64. The van der Waals surface area contributed by atoms with E-state index in [1.807, 2.05) is 0 Å². The second kappa shape index (κ2) is 1.77. The van der Waals surface area contributed by atoms with Crippen molar-refractivity contribution >= 4 is 31.9 Å². The summed E-state index contributed by atoms with van der Waals surface area (Å²) in [4.78, 5) is -0.796. The number of hydrogen-bond donors (Lipinski definition) is 0. The Morgan fingerprint density at radius 1 is 1.62 bits per heavy atom. The molecule has 0 aromatic rings. The van der Waals surface area contributed by atoms with Crippen LogP contribution in [0.25, 0.3) is 0 Å². The summed E-state index contributed by atoms with van der Waals surface area (Å²) >= 11 is 5.72. The minimum Gasteiger partial charge on any atom is -0.200 e. The molecule has 46 valence electrons. The van der Waals surface area contributed by atoms with Gasteiger partial charge in [-0.3, -0.25) is 0 Å². The van der Waals surface area contributed by atoms with Crippen LogP contribution in [0, 0.1) is 0 Å². The molecule has 0 bridgehead atoms. The highest BCUT2D eigenvalue weighted by molar-refractivity contribution is 9.14. The first kappa shape index (κ1) is 6.68. The molecule has 4 heteroatoms. The van der Waals surface area contributed by atoms with Gasteiger partial charge in [-0.2, -0.15) is 0 Å². The number of allylic oxidation sites excluding steroid dienone is 2. The van der Waals surface area contributed by atoms with Crippen molar-refractivity contribution in [3.63, 3.8) is 0 Å². The maximum Gasteiger partial charge on any atom is 0.284 e. The van der Waals surface area contributed by atoms with Gasteiger partial charge in [0.05, 0.1) is 0 Å². The molecule has 0 fully saturated rings. The highest BCUT2D eigenvalue weighted by Gasteiger charge is 2.45. The van der Waals surface area contributed by atoms with Crippen molar-refractivity contribution < 1.29 is 8.78 Å². The summed E-state index contributed by atoms with van der Waals surface area (Å²) in [6.07, 6.45) is 0.881. The van der Waals surface area contributed by atoms with E-state index in [2.05, 4.69) is 31.9 Å². The maximum absolute atomic E-state index is 12.0. The van der Waals surface area contributed by atoms with E-state index < -0.39 is 10.7 Å². The van der Waals surface area contributed by atoms with Gasteiger partial charge in [0.2, 0.25) is 0 Å². The molecule has 0 spiro atoms. The fraction of sp³-hybridized carbons (Fsp3) is 0.500. The van der Waals surface area contributed by atoms with Gasteiger partial charge in [-0.15, -0.1) is 0 Å². The first-order valence-electron chi connectivity index (χ1n) is 1.94. The van der Waals surface area contributed by atoms with Gasteiger partial charge in [0.15, 0.2) is 0 Å². The third kappa shape index (κ3) is 0.838. The van der Waals surface area contributed by atoms with Crippen molar-refractivity contribution in [2.45, 2.75) is 10.7 Å². The fourth-order valence-electron chi connectivity index (χ4n) is 0.418. The molecule has 0 saturated heterocycles. The van der Waals surface area contributed by atoms with Crippen LogP contribution < -0.4 is 0 Å². The van der Waals surface area contributed by atoms with Gasteiger partial charge in [-0.25, -0.2) is 8.78 Å². The third-order valence-corrected chi connectivity index (χ3v) is 3.32. The van der Waals surface area contributed by atoms with Crippen LogP contribution in [-0.2, 0) is 0 Å². The lowest BCUT2D eigenvalue weighted by Crippen LogP contribution is -2.35. The van der Waals surface area contributed by atoms with E-state index in [0.717, 1.165) is 6.08 Å². The first-order chi connectivity index (χ1) is 3.54. The molecule has 0 N–H and O–H groups in total. The lowest BCUT2D eigenvalue weighted by Gasteiger charge is -2.27. The highest BCUT2D eigenvalue weighted by Crippen LogP contribution is 2.44. The van der Waals surface area contributed by atoms with E-state index in [0.29, 0.717) is 4.48 Å². The topological polar surface area (TPSA) is 0 Å². The molecule has 0 aliphatic heterocycles. The van der Waals surface area contributed by atoms with Crippen LogP contribution in [0.15, 0.2) is 10.6 Å². The van der Waals surface area contributed by atoms with Gasteiger partial charge in [0.1, 0.15) is 4.83 Å². The summed E-state index contributed by atoms with van der Waals surface area (Å²) in [6.45, 7) is 0. The SMILES string of the molecule is FC1(F)C=C(Br)C1Br. The largest absolute Gasteiger partial charge is 0.284 e. The van der Waals surface area contributed by atoms with Gasteiger partial charge in [0.25, 0.3) is 5.92 Å². The normalized spacial score (nSPS) is 33.5. The second-order valence-electron chi connectivity index (χ2n) is 1.57. The molecule has 0 amide bonds. The summed E-state index contributed by atoms with van der Waals surface area (Å²) in [6, 6.07) is 0. The predicted octanol–water partition coefficient (Wildman–Crippen LogP) is 2.68. The zero-order chi connectivity index (χ0) is 6.36. The van der Waals surface area contributed by atoms with Crippen molar-refractivity contribution in [1.29, 1.82) is 0 Å². The van der Waals surface area contributed by atoms with Gasteiger partial charge in [0, 0.05) is 4.48 Å². The molecule has 1 aliphatic rings. The predicted molar refractivity (Wildman–Crippen MR) is 34.7 cm³/mol. The van der Waals surface area contributed by atoms with Crippen LogP contribution in [0.5, 0.6) is 0 Å². The lowest BCUT2D eigenvalue weighted by molar-refractivity contribution is 0.0475. The molecule has 0 aromatic carbocycles. The third-order valence-electron chi connectivity index (χ3n) is 0.910. The van der Waals surface area contributed by atoms with E-state index >= 15 is 0 Å². The molecule has 1 unspecified atom stereocenters. The fourth-order valence-corrected chi connectivity index (χ4v) is 1.29. The smallest absolute Gasteiger partial charge is 0.200 e. The maximum atomic E-state index is 12.0. The van der Waals surface area contributed by atoms with E-state index in [9.17, 15) is 8.78 Å². The van der Waals surface area contributed by atoms with E-state index in [1.165, 1.54) is 0 Å². The Hall–Kier alpha value is 0.560. The Bertz CT molecular complexity index is 141. The second-order valence-corrected chi connectivity index (χ2v) is 3.40. The summed E-state index contributed by atoms with van der Waals surface area (Å²) in [7, 11) is 0. The summed E-state index contributed by atoms with van der Waals surface area (Å²) in [5, 5.41) is 0. The van der Waals surface area contributed by atoms with Crippen LogP contribution in [0.2, 0.25) is 0 Å². The Balaban J connectivity index is 2.74. The molecular weight excluding hydrogens is 246 g/mol. The molecule has 0 radical (unpaired) electrons. The van der Waals surface area contributed by atoms with Gasteiger partial charge in [-0.05, 0) is 6.08 Å². The zero-order valence-corrected chi connectivity index (χ0v) is 6.84. The summed E-state index contributed by atoms with van der Waals surface area (Å²) in [5.41, 5.74) is 0. The Labute approximate surface area is 62.2 Å². The Kier molecular flexibility index (Phi) is 1.48. The molecule has 8 heavy (non-hydrogen) atoms. The number of halogens is 4. The Morgan fingerprint density at radius 3 is 2.12 bits per heavy atom. The quantitative estimate of drug-likeness (QED) is 0.578. The minimum absolute atomic E-state index is 0.530. The van der Waals surface area contributed by atoms with Crippen molar-refractivity contribution in [2.75, 3.05) is 0 Å². The number of hydrogen-bond acceptors (Lipinski definition) is 0. The molecule has 1 rings (SSSR count). The van der Waals surface area contributed by atoms with Crippen LogP contribution >= 0.6 is 31.9 Å². The highest BCUT2D eigenvalue weighted by atomic mass is 79.9. The van der Waals surface area contributed by atoms with Gasteiger partial charge >= 0.3 is 0 Å². The van der Waals surface area contributed by atoms with E-state index in [1.54, 1.807) is 0 Å². The van der Waals surface area contributed by atoms with Crippen molar-refractivity contribution in [1.82, 2.24) is 0 Å². The molecule has 0 aromatic heterocycles. The van der Waals surface area contributed by atoms with E-state index in [4.69, 9.17) is 0 Å². The molecular formula is C4H2Br2F2. The standard InChI is InChI=1S/C4H2Br2F2/c5-2-1-4(7,8)3(2)6/h1,3H. The average Bonchev–Trinajstić information content (AvgIpc) is 1.65. The summed E-state index contributed by atoms with van der Waals surface area (Å²) in [5.74, 6) is -2.64. The van der Waals surface area contributed by atoms with Gasteiger partial charge in [-0.1, -0.05) is 31.9 Å². The van der Waals surface area contributed by atoms with E-state index in [-0.39, 0.29) is 0 Å². The monoisotopic (exact) mass is 246 g/mol. The van der Waals surface area contributed by atoms with Crippen molar-refractivity contribution in [3.8, 4) is 0 Å². The average molecular weight is 248 g/mol.